The summed E-state index contributed by atoms with van der Waals surface area (Å²) >= 11 is 0. The van der Waals surface area contributed by atoms with E-state index in [1.54, 1.807) is 25.5 Å². The molecule has 0 spiro atoms. The number of halogens is 1. The maximum absolute atomic E-state index is 14.4. The number of hydrogen-bond donors (Lipinski definition) is 1. The number of rotatable bonds is 4. The van der Waals surface area contributed by atoms with Gasteiger partial charge in [0, 0.05) is 24.0 Å². The molecular formula is C22H24FN7O. The van der Waals surface area contributed by atoms with Crippen molar-refractivity contribution in [3.8, 4) is 5.69 Å². The highest BCUT2D eigenvalue weighted by Crippen LogP contribution is 2.44. The minimum absolute atomic E-state index is 0.0595. The summed E-state index contributed by atoms with van der Waals surface area (Å²) in [4.78, 5) is 25.8. The van der Waals surface area contributed by atoms with E-state index in [9.17, 15) is 9.18 Å². The molecule has 1 amide bonds. The van der Waals surface area contributed by atoms with Gasteiger partial charge in [0.2, 0.25) is 0 Å². The van der Waals surface area contributed by atoms with Gasteiger partial charge in [-0.25, -0.2) is 14.4 Å². The summed E-state index contributed by atoms with van der Waals surface area (Å²) in [7, 11) is 0. The van der Waals surface area contributed by atoms with E-state index in [1.165, 1.54) is 10.9 Å². The molecule has 1 aliphatic carbocycles. The number of nitrogens with zero attached hydrogens (tertiary/aromatic N) is 6. The molecule has 4 unspecified atom stereocenters. The molecule has 2 bridgehead atoms. The summed E-state index contributed by atoms with van der Waals surface area (Å²) in [6.07, 6.45) is 6.53. The number of aryl methyl sites for hydroxylation is 2. The highest BCUT2D eigenvalue weighted by Gasteiger charge is 2.52. The lowest BCUT2D eigenvalue weighted by molar-refractivity contribution is 0.0591. The van der Waals surface area contributed by atoms with Crippen LogP contribution in [0.25, 0.3) is 5.69 Å². The lowest BCUT2D eigenvalue weighted by Crippen LogP contribution is -2.52. The van der Waals surface area contributed by atoms with Crippen molar-refractivity contribution in [2.75, 3.05) is 5.32 Å². The number of aromatic nitrogens is 5. The maximum atomic E-state index is 14.4. The SMILES string of the molecule is Cc1cnc(NC2CC3CC2N(C(=O)c2nc(C)ccc2-n2nccn2)C3C)c(F)c1. The molecule has 160 valence electrons. The molecular weight excluding hydrogens is 397 g/mol. The Kier molecular flexibility index (Phi) is 4.68. The number of carbonyl (C=O) groups is 1. The minimum atomic E-state index is -0.374. The van der Waals surface area contributed by atoms with E-state index < -0.39 is 0 Å². The van der Waals surface area contributed by atoms with Gasteiger partial charge in [-0.1, -0.05) is 0 Å². The third-order valence-corrected chi connectivity index (χ3v) is 6.43. The van der Waals surface area contributed by atoms with E-state index in [4.69, 9.17) is 0 Å². The van der Waals surface area contributed by atoms with E-state index in [-0.39, 0.29) is 35.7 Å². The Bertz CT molecular complexity index is 1130. The summed E-state index contributed by atoms with van der Waals surface area (Å²) in [6, 6.07) is 5.07. The molecule has 2 aliphatic rings. The molecule has 1 saturated heterocycles. The molecule has 0 radical (unpaired) electrons. The number of fused-ring (bicyclic) bond motifs is 2. The van der Waals surface area contributed by atoms with Gasteiger partial charge in [-0.05, 0) is 63.3 Å². The molecule has 5 rings (SSSR count). The van der Waals surface area contributed by atoms with Crippen LogP contribution in [0.4, 0.5) is 10.2 Å². The van der Waals surface area contributed by atoms with Gasteiger partial charge in [0.25, 0.3) is 5.91 Å². The van der Waals surface area contributed by atoms with Gasteiger partial charge in [0.05, 0.1) is 18.4 Å². The number of pyridine rings is 2. The van der Waals surface area contributed by atoms with Crippen molar-refractivity contribution < 1.29 is 9.18 Å². The van der Waals surface area contributed by atoms with Crippen LogP contribution in [-0.2, 0) is 0 Å². The van der Waals surface area contributed by atoms with Gasteiger partial charge in [-0.2, -0.15) is 10.2 Å². The minimum Gasteiger partial charge on any atom is -0.363 e. The number of hydrogen-bond acceptors (Lipinski definition) is 6. The lowest BCUT2D eigenvalue weighted by atomic mass is 9.97. The highest BCUT2D eigenvalue weighted by molar-refractivity contribution is 5.96. The second-order valence-corrected chi connectivity index (χ2v) is 8.48. The molecule has 4 atom stereocenters. The van der Waals surface area contributed by atoms with Crippen molar-refractivity contribution in [2.24, 2.45) is 5.92 Å². The third-order valence-electron chi connectivity index (χ3n) is 6.43. The maximum Gasteiger partial charge on any atom is 0.275 e. The molecule has 1 aliphatic heterocycles. The monoisotopic (exact) mass is 421 g/mol. The Hall–Kier alpha value is -3.36. The van der Waals surface area contributed by atoms with Crippen molar-refractivity contribution >= 4 is 11.7 Å². The molecule has 1 N–H and O–H groups in total. The smallest absolute Gasteiger partial charge is 0.275 e. The second-order valence-electron chi connectivity index (χ2n) is 8.48. The predicted octanol–water partition coefficient (Wildman–Crippen LogP) is 2.92. The van der Waals surface area contributed by atoms with Crippen LogP contribution in [0, 0.1) is 25.6 Å². The summed E-state index contributed by atoms with van der Waals surface area (Å²) in [5.41, 5.74) is 2.39. The van der Waals surface area contributed by atoms with Gasteiger partial charge in [0.15, 0.2) is 17.3 Å². The normalized spacial score (nSPS) is 24.6. The summed E-state index contributed by atoms with van der Waals surface area (Å²) in [5, 5.41) is 11.6. The fourth-order valence-corrected chi connectivity index (χ4v) is 4.92. The predicted molar refractivity (Wildman–Crippen MR) is 112 cm³/mol. The third kappa shape index (κ3) is 3.34. The van der Waals surface area contributed by atoms with Crippen molar-refractivity contribution in [2.45, 2.75) is 51.7 Å². The van der Waals surface area contributed by atoms with Crippen molar-refractivity contribution in [3.05, 3.63) is 59.6 Å². The Labute approximate surface area is 179 Å². The Balaban J connectivity index is 1.45. The topological polar surface area (TPSA) is 88.8 Å². The van der Waals surface area contributed by atoms with Crippen molar-refractivity contribution in [1.29, 1.82) is 0 Å². The highest BCUT2D eigenvalue weighted by atomic mass is 19.1. The molecule has 3 aromatic heterocycles. The fourth-order valence-electron chi connectivity index (χ4n) is 4.92. The largest absolute Gasteiger partial charge is 0.363 e. The second kappa shape index (κ2) is 7.40. The first-order valence-electron chi connectivity index (χ1n) is 10.5. The van der Waals surface area contributed by atoms with Gasteiger partial charge in [0.1, 0.15) is 5.69 Å². The van der Waals surface area contributed by atoms with Crippen molar-refractivity contribution in [3.63, 3.8) is 0 Å². The van der Waals surface area contributed by atoms with Crippen LogP contribution in [0.5, 0.6) is 0 Å². The van der Waals surface area contributed by atoms with Crippen LogP contribution in [-0.4, -0.2) is 53.9 Å². The molecule has 3 aromatic rings. The van der Waals surface area contributed by atoms with Crippen LogP contribution in [0.15, 0.2) is 36.8 Å². The molecule has 1 saturated carbocycles. The fraction of sp³-hybridized carbons (Fsp3) is 0.409. The van der Waals surface area contributed by atoms with Crippen molar-refractivity contribution in [1.82, 2.24) is 29.9 Å². The first-order valence-corrected chi connectivity index (χ1v) is 10.5. The zero-order valence-corrected chi connectivity index (χ0v) is 17.7. The average Bonchev–Trinajstić information content (AvgIpc) is 3.46. The van der Waals surface area contributed by atoms with Gasteiger partial charge >= 0.3 is 0 Å². The van der Waals surface area contributed by atoms with E-state index in [0.29, 0.717) is 17.3 Å². The molecule has 2 fully saturated rings. The van der Waals surface area contributed by atoms with E-state index in [2.05, 4.69) is 32.4 Å². The number of carbonyl (C=O) groups excluding carboxylic acids is 1. The summed E-state index contributed by atoms with van der Waals surface area (Å²) < 4.78 is 14.4. The number of likely N-dealkylation sites (tertiary alicyclic amines) is 1. The van der Waals surface area contributed by atoms with Crippen LogP contribution in [0.3, 0.4) is 0 Å². The van der Waals surface area contributed by atoms with E-state index >= 15 is 0 Å². The van der Waals surface area contributed by atoms with Gasteiger partial charge in [-0.15, -0.1) is 4.80 Å². The van der Waals surface area contributed by atoms with Crippen LogP contribution >= 0.6 is 0 Å². The Morgan fingerprint density at radius 1 is 1.19 bits per heavy atom. The first-order chi connectivity index (χ1) is 14.9. The number of amides is 1. The standard InChI is InChI=1S/C22H24FN7O/c1-12-8-16(23)21(24-11-12)28-17-9-15-10-19(17)29(14(15)3)22(31)20-18(5-4-13(2)27-20)30-25-6-7-26-30/h4-8,11,14-15,17,19H,9-10H2,1-3H3,(H,24,28). The molecule has 31 heavy (non-hydrogen) atoms. The molecule has 9 heteroatoms. The number of nitrogens with one attached hydrogen (secondary N) is 1. The Morgan fingerprint density at radius 2 is 1.97 bits per heavy atom. The zero-order valence-electron chi connectivity index (χ0n) is 17.7. The van der Waals surface area contributed by atoms with E-state index in [1.807, 2.05) is 24.0 Å². The molecule has 8 nitrogen and oxygen atoms in total. The molecule has 0 aromatic carbocycles. The van der Waals surface area contributed by atoms with Gasteiger partial charge in [-0.3, -0.25) is 4.79 Å². The lowest BCUT2D eigenvalue weighted by Gasteiger charge is -2.38. The quantitative estimate of drug-likeness (QED) is 0.697. The van der Waals surface area contributed by atoms with Crippen LogP contribution in [0.2, 0.25) is 0 Å². The zero-order chi connectivity index (χ0) is 21.7. The molecule has 4 heterocycles. The summed E-state index contributed by atoms with van der Waals surface area (Å²) in [5.74, 6) is 0.0512. The number of anilines is 1. The van der Waals surface area contributed by atoms with E-state index in [0.717, 1.165) is 24.1 Å². The first kappa shape index (κ1) is 19.6. The van der Waals surface area contributed by atoms with Gasteiger partial charge < -0.3 is 10.2 Å². The van der Waals surface area contributed by atoms with Crippen LogP contribution < -0.4 is 5.32 Å². The Morgan fingerprint density at radius 3 is 2.68 bits per heavy atom. The summed E-state index contributed by atoms with van der Waals surface area (Å²) in [6.45, 7) is 5.73. The average molecular weight is 421 g/mol. The van der Waals surface area contributed by atoms with Crippen LogP contribution in [0.1, 0.15) is 41.5 Å². The number of piperidine rings is 1.